The summed E-state index contributed by atoms with van der Waals surface area (Å²) in [4.78, 5) is 4.48. The molecule has 0 fully saturated rings. The molecule has 0 atom stereocenters. The Morgan fingerprint density at radius 3 is 2.50 bits per heavy atom. The summed E-state index contributed by atoms with van der Waals surface area (Å²) in [5.41, 5.74) is 13.8. The molecule has 0 unspecified atom stereocenters. The number of hydrogen-bond donors (Lipinski definition) is 2. The molecule has 5 heteroatoms. The first-order chi connectivity index (χ1) is 7.30. The van der Waals surface area contributed by atoms with Gasteiger partial charge in [0.05, 0.1) is 16.4 Å². The number of fused-ring (bicyclic) bond motifs is 1. The lowest BCUT2D eigenvalue weighted by Gasteiger charge is -2.15. The fourth-order valence-corrected chi connectivity index (χ4v) is 1.92. The van der Waals surface area contributed by atoms with E-state index in [2.05, 4.69) is 25.8 Å². The van der Waals surface area contributed by atoms with Gasteiger partial charge in [0, 0.05) is 11.6 Å². The van der Waals surface area contributed by atoms with Crippen molar-refractivity contribution >= 4 is 28.8 Å². The highest BCUT2D eigenvalue weighted by Gasteiger charge is 2.23. The number of pyridine rings is 1. The van der Waals surface area contributed by atoms with Crippen molar-refractivity contribution in [1.82, 2.24) is 9.38 Å². The summed E-state index contributed by atoms with van der Waals surface area (Å²) in [6.07, 6.45) is 1.73. The molecule has 0 aliphatic rings. The number of hydrogen-bond acceptors (Lipinski definition) is 3. The molecule has 2 rings (SSSR count). The van der Waals surface area contributed by atoms with Gasteiger partial charge in [0.25, 0.3) is 0 Å². The van der Waals surface area contributed by atoms with Crippen molar-refractivity contribution < 1.29 is 0 Å². The SMILES string of the molecule is CC(C)(C)c1nc2c(N)cc(Cl)cn2c1N. The van der Waals surface area contributed by atoms with E-state index in [1.165, 1.54) is 0 Å². The lowest BCUT2D eigenvalue weighted by molar-refractivity contribution is 0.576. The number of nitrogens with zero attached hydrogens (tertiary/aromatic N) is 2. The Balaban J connectivity index is 2.83. The third-order valence-corrected chi connectivity index (χ3v) is 2.67. The summed E-state index contributed by atoms with van der Waals surface area (Å²) >= 11 is 5.94. The molecule has 4 nitrogen and oxygen atoms in total. The number of nitrogens with two attached hydrogens (primary N) is 2. The molecule has 0 radical (unpaired) electrons. The predicted molar refractivity (Wildman–Crippen MR) is 67.7 cm³/mol. The molecule has 0 aromatic carbocycles. The lowest BCUT2D eigenvalue weighted by atomic mass is 9.92. The van der Waals surface area contributed by atoms with Gasteiger partial charge < -0.3 is 11.5 Å². The molecular weight excluding hydrogens is 224 g/mol. The highest BCUT2D eigenvalue weighted by molar-refractivity contribution is 6.30. The zero-order chi connectivity index (χ0) is 12.1. The van der Waals surface area contributed by atoms with E-state index in [9.17, 15) is 0 Å². The Labute approximate surface area is 99.2 Å². The van der Waals surface area contributed by atoms with Crippen LogP contribution in [0.5, 0.6) is 0 Å². The zero-order valence-electron chi connectivity index (χ0n) is 9.58. The van der Waals surface area contributed by atoms with Crippen LogP contribution in [0.3, 0.4) is 0 Å². The normalized spacial score (nSPS) is 12.2. The summed E-state index contributed by atoms with van der Waals surface area (Å²) in [5, 5.41) is 0.551. The molecule has 0 spiro atoms. The first-order valence-corrected chi connectivity index (χ1v) is 5.41. The van der Waals surface area contributed by atoms with Gasteiger partial charge in [0.2, 0.25) is 0 Å². The Bertz CT molecular complexity index is 551. The van der Waals surface area contributed by atoms with Crippen LogP contribution in [0.15, 0.2) is 12.3 Å². The van der Waals surface area contributed by atoms with E-state index in [0.29, 0.717) is 22.2 Å². The van der Waals surface area contributed by atoms with Crippen molar-refractivity contribution in [3.8, 4) is 0 Å². The lowest BCUT2D eigenvalue weighted by Crippen LogP contribution is -2.14. The Morgan fingerprint density at radius 2 is 1.94 bits per heavy atom. The molecule has 0 aliphatic heterocycles. The maximum absolute atomic E-state index is 6.05. The number of imidazole rings is 1. The Kier molecular flexibility index (Phi) is 2.27. The van der Waals surface area contributed by atoms with Crippen LogP contribution in [0, 0.1) is 0 Å². The van der Waals surface area contributed by atoms with Crippen LogP contribution in [0.4, 0.5) is 11.5 Å². The van der Waals surface area contributed by atoms with E-state index >= 15 is 0 Å². The van der Waals surface area contributed by atoms with E-state index in [4.69, 9.17) is 23.1 Å². The second kappa shape index (κ2) is 3.28. The highest BCUT2D eigenvalue weighted by atomic mass is 35.5. The standard InChI is InChI=1S/C11H15ClN4/c1-11(2,3)8-9(14)16-5-6(12)4-7(13)10(16)15-8/h4-5H,13-14H2,1-3H3. The van der Waals surface area contributed by atoms with Gasteiger partial charge in [-0.25, -0.2) is 4.98 Å². The molecule has 0 bridgehead atoms. The van der Waals surface area contributed by atoms with E-state index in [1.807, 2.05) is 0 Å². The van der Waals surface area contributed by atoms with Gasteiger partial charge in [-0.2, -0.15) is 0 Å². The summed E-state index contributed by atoms with van der Waals surface area (Å²) in [7, 11) is 0. The third kappa shape index (κ3) is 1.59. The molecular formula is C11H15ClN4. The summed E-state index contributed by atoms with van der Waals surface area (Å²) < 4.78 is 1.73. The van der Waals surface area contributed by atoms with Crippen molar-refractivity contribution in [2.24, 2.45) is 0 Å². The minimum atomic E-state index is -0.116. The zero-order valence-corrected chi connectivity index (χ0v) is 10.3. The number of nitrogen functional groups attached to an aromatic ring is 2. The fraction of sp³-hybridized carbons (Fsp3) is 0.364. The molecule has 2 aromatic heterocycles. The van der Waals surface area contributed by atoms with Gasteiger partial charge in [-0.15, -0.1) is 0 Å². The summed E-state index contributed by atoms with van der Waals surface area (Å²) in [6, 6.07) is 1.68. The van der Waals surface area contributed by atoms with Crippen LogP contribution >= 0.6 is 11.6 Å². The number of aromatic nitrogens is 2. The molecule has 2 heterocycles. The molecule has 0 saturated carbocycles. The largest absolute Gasteiger partial charge is 0.396 e. The summed E-state index contributed by atoms with van der Waals surface area (Å²) in [6.45, 7) is 6.18. The van der Waals surface area contributed by atoms with Gasteiger partial charge in [0.1, 0.15) is 5.82 Å². The maximum Gasteiger partial charge on any atom is 0.162 e. The molecule has 0 saturated heterocycles. The fourth-order valence-electron chi connectivity index (χ4n) is 1.71. The van der Waals surface area contributed by atoms with Gasteiger partial charge >= 0.3 is 0 Å². The van der Waals surface area contributed by atoms with Crippen LogP contribution in [-0.2, 0) is 5.41 Å². The Hall–Kier alpha value is -1.42. The van der Waals surface area contributed by atoms with E-state index in [-0.39, 0.29) is 5.41 Å². The van der Waals surface area contributed by atoms with Crippen LogP contribution < -0.4 is 11.5 Å². The van der Waals surface area contributed by atoms with E-state index in [0.717, 1.165) is 5.69 Å². The quantitative estimate of drug-likeness (QED) is 0.741. The van der Waals surface area contributed by atoms with Crippen LogP contribution in [0.25, 0.3) is 5.65 Å². The van der Waals surface area contributed by atoms with Crippen molar-refractivity contribution in [3.05, 3.63) is 23.0 Å². The second-order valence-electron chi connectivity index (χ2n) is 4.90. The van der Waals surface area contributed by atoms with Gasteiger partial charge in [-0.1, -0.05) is 32.4 Å². The number of rotatable bonds is 0. The molecule has 16 heavy (non-hydrogen) atoms. The van der Waals surface area contributed by atoms with Gasteiger partial charge in [-0.05, 0) is 6.07 Å². The first kappa shape index (κ1) is 11.1. The van der Waals surface area contributed by atoms with Crippen LogP contribution in [0.2, 0.25) is 5.02 Å². The minimum absolute atomic E-state index is 0.116. The second-order valence-corrected chi connectivity index (χ2v) is 5.34. The summed E-state index contributed by atoms with van der Waals surface area (Å²) in [5.74, 6) is 0.594. The van der Waals surface area contributed by atoms with Crippen LogP contribution in [-0.4, -0.2) is 9.38 Å². The average Bonchev–Trinajstić information content (AvgIpc) is 2.43. The van der Waals surface area contributed by atoms with Crippen molar-refractivity contribution in [2.45, 2.75) is 26.2 Å². The maximum atomic E-state index is 6.05. The number of halogens is 1. The topological polar surface area (TPSA) is 69.3 Å². The molecule has 86 valence electrons. The third-order valence-electron chi connectivity index (χ3n) is 2.46. The van der Waals surface area contributed by atoms with E-state index < -0.39 is 0 Å². The van der Waals surface area contributed by atoms with E-state index in [1.54, 1.807) is 16.7 Å². The average molecular weight is 239 g/mol. The highest BCUT2D eigenvalue weighted by Crippen LogP contribution is 2.30. The van der Waals surface area contributed by atoms with Crippen molar-refractivity contribution in [1.29, 1.82) is 0 Å². The van der Waals surface area contributed by atoms with Crippen molar-refractivity contribution in [3.63, 3.8) is 0 Å². The smallest absolute Gasteiger partial charge is 0.162 e. The number of anilines is 2. The minimum Gasteiger partial charge on any atom is -0.396 e. The first-order valence-electron chi connectivity index (χ1n) is 5.03. The molecule has 0 aliphatic carbocycles. The van der Waals surface area contributed by atoms with Crippen LogP contribution in [0.1, 0.15) is 26.5 Å². The molecule has 0 amide bonds. The molecule has 4 N–H and O–H groups in total. The predicted octanol–water partition coefficient (Wildman–Crippen LogP) is 2.45. The monoisotopic (exact) mass is 238 g/mol. The van der Waals surface area contributed by atoms with Gasteiger partial charge in [-0.3, -0.25) is 4.40 Å². The molecule has 2 aromatic rings. The van der Waals surface area contributed by atoms with Crippen molar-refractivity contribution in [2.75, 3.05) is 11.5 Å². The Morgan fingerprint density at radius 1 is 1.31 bits per heavy atom. The van der Waals surface area contributed by atoms with Gasteiger partial charge in [0.15, 0.2) is 5.65 Å².